The predicted octanol–water partition coefficient (Wildman–Crippen LogP) is 4.12. The normalized spacial score (nSPS) is 11.8. The summed E-state index contributed by atoms with van der Waals surface area (Å²) in [6.07, 6.45) is 8.02. The van der Waals surface area contributed by atoms with Crippen molar-refractivity contribution in [3.63, 3.8) is 0 Å². The summed E-state index contributed by atoms with van der Waals surface area (Å²) in [5.74, 6) is 0.0493. The van der Waals surface area contributed by atoms with Crippen LogP contribution >= 0.6 is 0 Å². The van der Waals surface area contributed by atoms with Crippen LogP contribution in [0.2, 0.25) is 0 Å². The third-order valence-corrected chi connectivity index (χ3v) is 2.61. The summed E-state index contributed by atoms with van der Waals surface area (Å²) in [7, 11) is 0. The summed E-state index contributed by atoms with van der Waals surface area (Å²) in [4.78, 5) is 12.1. The minimum Gasteiger partial charge on any atom is -0.289 e. The molecule has 0 aromatic heterocycles. The Hall–Kier alpha value is -1.89. The van der Waals surface area contributed by atoms with Gasteiger partial charge in [0.25, 0.3) is 0 Å². The second-order valence-corrected chi connectivity index (χ2v) is 3.72. The molecule has 1 aromatic rings. The van der Waals surface area contributed by atoms with E-state index in [1.807, 2.05) is 37.3 Å². The lowest BCUT2D eigenvalue weighted by Gasteiger charge is -2.02. The number of rotatable bonds is 5. The van der Waals surface area contributed by atoms with Gasteiger partial charge < -0.3 is 0 Å². The van der Waals surface area contributed by atoms with Gasteiger partial charge in [-0.2, -0.15) is 0 Å². The number of carbonyl (C=O) groups excluding carboxylic acids is 1. The van der Waals surface area contributed by atoms with Crippen molar-refractivity contribution in [2.24, 2.45) is 0 Å². The van der Waals surface area contributed by atoms with E-state index in [0.717, 1.165) is 12.0 Å². The molecular weight excluding hydrogens is 208 g/mol. The number of aryl methyl sites for hydroxylation is 1. The third-order valence-electron chi connectivity index (χ3n) is 2.61. The van der Waals surface area contributed by atoms with E-state index in [4.69, 9.17) is 0 Å². The summed E-state index contributed by atoms with van der Waals surface area (Å²) in [5, 5.41) is 0. The smallest absolute Gasteiger partial charge is 0.192 e. The van der Waals surface area contributed by atoms with Gasteiger partial charge in [-0.3, -0.25) is 4.79 Å². The van der Waals surface area contributed by atoms with Crippen LogP contribution in [-0.4, -0.2) is 5.78 Å². The van der Waals surface area contributed by atoms with Gasteiger partial charge in [0, 0.05) is 11.1 Å². The van der Waals surface area contributed by atoms with Gasteiger partial charge in [0.1, 0.15) is 0 Å². The van der Waals surface area contributed by atoms with Crippen LogP contribution in [0.15, 0.2) is 60.7 Å². The highest BCUT2D eigenvalue weighted by Crippen LogP contribution is 2.11. The zero-order valence-corrected chi connectivity index (χ0v) is 10.4. The number of benzene rings is 1. The van der Waals surface area contributed by atoms with Gasteiger partial charge in [-0.1, -0.05) is 62.1 Å². The molecule has 0 radical (unpaired) electrons. The molecule has 0 bridgehead atoms. The molecule has 0 atom stereocenters. The molecule has 1 aromatic carbocycles. The van der Waals surface area contributed by atoms with Crippen molar-refractivity contribution in [2.75, 3.05) is 0 Å². The molecule has 0 aliphatic rings. The molecule has 1 heteroatoms. The van der Waals surface area contributed by atoms with E-state index in [0.29, 0.717) is 5.57 Å². The predicted molar refractivity (Wildman–Crippen MR) is 73.2 cm³/mol. The molecule has 17 heavy (non-hydrogen) atoms. The van der Waals surface area contributed by atoms with Crippen LogP contribution in [0.25, 0.3) is 0 Å². The zero-order valence-electron chi connectivity index (χ0n) is 10.4. The van der Waals surface area contributed by atoms with E-state index < -0.39 is 0 Å². The minimum absolute atomic E-state index is 0.0493. The molecule has 0 saturated heterocycles. The van der Waals surface area contributed by atoms with Crippen molar-refractivity contribution in [2.45, 2.75) is 20.3 Å². The fraction of sp³-hybridized carbons (Fsp3) is 0.188. The molecule has 0 spiro atoms. The van der Waals surface area contributed by atoms with Crippen LogP contribution in [0.3, 0.4) is 0 Å². The van der Waals surface area contributed by atoms with Gasteiger partial charge in [0.2, 0.25) is 0 Å². The van der Waals surface area contributed by atoms with Crippen molar-refractivity contribution in [1.29, 1.82) is 0 Å². The van der Waals surface area contributed by atoms with Gasteiger partial charge in [-0.05, 0) is 18.9 Å². The average molecular weight is 226 g/mol. The Bertz CT molecular complexity index is 447. The highest BCUT2D eigenvalue weighted by atomic mass is 16.1. The Morgan fingerprint density at radius 1 is 1.29 bits per heavy atom. The summed E-state index contributed by atoms with van der Waals surface area (Å²) in [6.45, 7) is 7.56. The molecule has 1 rings (SSSR count). The second-order valence-electron chi connectivity index (χ2n) is 3.72. The van der Waals surface area contributed by atoms with E-state index in [-0.39, 0.29) is 5.78 Å². The van der Waals surface area contributed by atoms with Crippen molar-refractivity contribution in [1.82, 2.24) is 0 Å². The molecular formula is C16H18O. The lowest BCUT2D eigenvalue weighted by molar-refractivity contribution is 0.103. The number of allylic oxidation sites excluding steroid dienone is 5. The zero-order chi connectivity index (χ0) is 12.7. The summed E-state index contributed by atoms with van der Waals surface area (Å²) >= 11 is 0. The monoisotopic (exact) mass is 226 g/mol. The molecule has 0 saturated carbocycles. The van der Waals surface area contributed by atoms with Crippen molar-refractivity contribution < 1.29 is 4.79 Å². The topological polar surface area (TPSA) is 17.1 Å². The van der Waals surface area contributed by atoms with Crippen LogP contribution in [0.4, 0.5) is 0 Å². The Kier molecular flexibility index (Phi) is 5.15. The Labute approximate surface area is 103 Å². The molecule has 0 fully saturated rings. The van der Waals surface area contributed by atoms with E-state index in [9.17, 15) is 4.79 Å². The number of hydrogen-bond donors (Lipinski definition) is 0. The Morgan fingerprint density at radius 2 is 1.94 bits per heavy atom. The molecule has 1 nitrogen and oxygen atoms in total. The van der Waals surface area contributed by atoms with E-state index in [1.54, 1.807) is 18.2 Å². The minimum atomic E-state index is 0.0493. The maximum absolute atomic E-state index is 12.1. The lowest BCUT2D eigenvalue weighted by atomic mass is 10.0. The first-order chi connectivity index (χ1) is 8.22. The molecule has 0 unspecified atom stereocenters. The Morgan fingerprint density at radius 3 is 2.41 bits per heavy atom. The summed E-state index contributed by atoms with van der Waals surface area (Å²) < 4.78 is 0. The molecule has 0 aliphatic heterocycles. The van der Waals surface area contributed by atoms with Gasteiger partial charge in [-0.25, -0.2) is 0 Å². The standard InChI is InChI=1S/C16H18O/c1-4-7-8-14(6-3)16(17)15-11-9-13(5-2)10-12-15/h4,6-12H,1,5H2,2-3H3/b8-7-,14-6+. The highest BCUT2D eigenvalue weighted by molar-refractivity contribution is 6.10. The number of ketones is 1. The highest BCUT2D eigenvalue weighted by Gasteiger charge is 2.08. The third kappa shape index (κ3) is 3.56. The first kappa shape index (κ1) is 13.2. The van der Waals surface area contributed by atoms with Gasteiger partial charge in [0.15, 0.2) is 5.78 Å². The van der Waals surface area contributed by atoms with Crippen molar-refractivity contribution in [3.05, 3.63) is 71.8 Å². The quantitative estimate of drug-likeness (QED) is 0.419. The van der Waals surface area contributed by atoms with Gasteiger partial charge in [-0.15, -0.1) is 0 Å². The van der Waals surface area contributed by atoms with E-state index in [1.165, 1.54) is 5.56 Å². The first-order valence-electron chi connectivity index (χ1n) is 5.82. The second kappa shape index (κ2) is 6.64. The van der Waals surface area contributed by atoms with E-state index >= 15 is 0 Å². The maximum Gasteiger partial charge on any atom is 0.192 e. The average Bonchev–Trinajstić information content (AvgIpc) is 2.39. The Balaban J connectivity index is 2.94. The molecule has 0 N–H and O–H groups in total. The number of hydrogen-bond acceptors (Lipinski definition) is 1. The first-order valence-corrected chi connectivity index (χ1v) is 5.82. The summed E-state index contributed by atoms with van der Waals surface area (Å²) in [5.41, 5.74) is 2.66. The fourth-order valence-corrected chi connectivity index (χ4v) is 1.53. The molecule has 0 heterocycles. The van der Waals surface area contributed by atoms with Crippen LogP contribution in [-0.2, 0) is 6.42 Å². The molecule has 0 amide bonds. The number of carbonyl (C=O) groups is 1. The molecule has 88 valence electrons. The maximum atomic E-state index is 12.1. The SMILES string of the molecule is C=C/C=C\C(=C/C)C(=O)c1ccc(CC)cc1. The van der Waals surface area contributed by atoms with Crippen LogP contribution in [0.1, 0.15) is 29.8 Å². The van der Waals surface area contributed by atoms with Crippen LogP contribution in [0, 0.1) is 0 Å². The lowest BCUT2D eigenvalue weighted by Crippen LogP contribution is -2.01. The van der Waals surface area contributed by atoms with Crippen LogP contribution < -0.4 is 0 Å². The molecule has 0 aliphatic carbocycles. The van der Waals surface area contributed by atoms with E-state index in [2.05, 4.69) is 13.5 Å². The van der Waals surface area contributed by atoms with Crippen LogP contribution in [0.5, 0.6) is 0 Å². The summed E-state index contributed by atoms with van der Waals surface area (Å²) in [6, 6.07) is 7.76. The van der Waals surface area contributed by atoms with Gasteiger partial charge >= 0.3 is 0 Å². The largest absolute Gasteiger partial charge is 0.289 e. The van der Waals surface area contributed by atoms with Crippen molar-refractivity contribution in [3.8, 4) is 0 Å². The van der Waals surface area contributed by atoms with Gasteiger partial charge in [0.05, 0.1) is 0 Å². The van der Waals surface area contributed by atoms with Crippen molar-refractivity contribution >= 4 is 5.78 Å². The number of Topliss-reactive ketones (excluding diaryl/α,β-unsaturated/α-hetero) is 1. The fourth-order valence-electron chi connectivity index (χ4n) is 1.53.